The van der Waals surface area contributed by atoms with Crippen molar-refractivity contribution >= 4 is 28.8 Å². The minimum atomic E-state index is -0.628. The molecule has 0 radical (unpaired) electrons. The first-order chi connectivity index (χ1) is 11.5. The van der Waals surface area contributed by atoms with Crippen LogP contribution in [0.2, 0.25) is 0 Å². The molecule has 1 heterocycles. The van der Waals surface area contributed by atoms with Gasteiger partial charge >= 0.3 is 11.6 Å². The summed E-state index contributed by atoms with van der Waals surface area (Å²) in [6.07, 6.45) is 0. The molecule has 1 saturated heterocycles. The average molecular weight is 317 g/mol. The number of carbonyl (C=O) groups excluding carboxylic acids is 2. The van der Waals surface area contributed by atoms with E-state index in [9.17, 15) is 15.1 Å². The first kappa shape index (κ1) is 15.6. The lowest BCUT2D eigenvalue weighted by Crippen LogP contribution is -2.30. The number of aryl methyl sites for hydroxylation is 1. The van der Waals surface area contributed by atoms with Crippen LogP contribution in [0.1, 0.15) is 18.1 Å². The smallest absolute Gasteiger partial charge is 0.361 e. The van der Waals surface area contributed by atoms with Gasteiger partial charge in [0.2, 0.25) is 0 Å². The van der Waals surface area contributed by atoms with Crippen molar-refractivity contribution in [3.05, 3.63) is 76.8 Å². The number of amides is 2. The summed E-state index contributed by atoms with van der Waals surface area (Å²) in [7, 11) is 0. The fraction of sp³-hybridized carbons (Fsp3) is 0.105. The van der Waals surface area contributed by atoms with E-state index in [1.807, 2.05) is 49.4 Å². The molecular formula is C19H15N3O2. The van der Waals surface area contributed by atoms with Crippen molar-refractivity contribution in [1.82, 2.24) is 0 Å². The summed E-state index contributed by atoms with van der Waals surface area (Å²) in [5.41, 5.74) is 12.0. The van der Waals surface area contributed by atoms with E-state index in [1.165, 1.54) is 0 Å². The quantitative estimate of drug-likeness (QED) is 0.369. The average Bonchev–Trinajstić information content (AvgIpc) is 2.86. The van der Waals surface area contributed by atoms with E-state index in [-0.39, 0.29) is 11.3 Å². The molecule has 1 fully saturated rings. The molecule has 0 aromatic heterocycles. The van der Waals surface area contributed by atoms with Crippen LogP contribution >= 0.6 is 0 Å². The molecule has 3 rings (SSSR count). The Hall–Kier alpha value is -3.30. The Kier molecular flexibility index (Phi) is 3.94. The summed E-state index contributed by atoms with van der Waals surface area (Å²) < 4.78 is 0. The number of nitrogens with zero attached hydrogens (tertiary/aromatic N) is 3. The number of carbonyl (C=O) groups is 2. The van der Waals surface area contributed by atoms with Gasteiger partial charge in [-0.05, 0) is 37.1 Å². The minimum Gasteiger partial charge on any atom is -0.361 e. The van der Waals surface area contributed by atoms with Gasteiger partial charge in [0.05, 0.1) is 5.69 Å². The second-order valence-corrected chi connectivity index (χ2v) is 5.60. The third-order valence-electron chi connectivity index (χ3n) is 4.03. The molecule has 0 spiro atoms. The van der Waals surface area contributed by atoms with Gasteiger partial charge in [-0.3, -0.25) is 9.59 Å². The van der Waals surface area contributed by atoms with Crippen LogP contribution in [0.15, 0.2) is 60.2 Å². The van der Waals surface area contributed by atoms with Gasteiger partial charge in [-0.2, -0.15) is 4.79 Å². The van der Waals surface area contributed by atoms with E-state index in [0.717, 1.165) is 16.0 Å². The number of hydrogen-bond acceptors (Lipinski definition) is 2. The zero-order valence-corrected chi connectivity index (χ0v) is 13.4. The Morgan fingerprint density at radius 2 is 1.58 bits per heavy atom. The largest absolute Gasteiger partial charge is 0.393 e. The Bertz CT molecular complexity index is 905. The summed E-state index contributed by atoms with van der Waals surface area (Å²) in [5.74, 6) is -1.12. The van der Waals surface area contributed by atoms with Gasteiger partial charge < -0.3 is 5.53 Å². The van der Waals surface area contributed by atoms with E-state index in [4.69, 9.17) is 0 Å². The van der Waals surface area contributed by atoms with Gasteiger partial charge in [-0.15, -0.1) is 0 Å². The molecule has 5 nitrogen and oxygen atoms in total. The number of hydrogen-bond donors (Lipinski definition) is 0. The van der Waals surface area contributed by atoms with Crippen molar-refractivity contribution in [2.45, 2.75) is 13.8 Å². The zero-order chi connectivity index (χ0) is 17.3. The highest BCUT2D eigenvalue weighted by molar-refractivity contribution is 6.65. The highest BCUT2D eigenvalue weighted by atomic mass is 16.2. The van der Waals surface area contributed by atoms with Gasteiger partial charge in [0.15, 0.2) is 0 Å². The van der Waals surface area contributed by atoms with E-state index in [2.05, 4.69) is 4.79 Å². The molecule has 1 aliphatic heterocycles. The van der Waals surface area contributed by atoms with Gasteiger partial charge in [0, 0.05) is 0 Å². The second-order valence-electron chi connectivity index (χ2n) is 5.60. The molecule has 0 bridgehead atoms. The van der Waals surface area contributed by atoms with Gasteiger partial charge in [0.1, 0.15) is 5.57 Å². The summed E-state index contributed by atoms with van der Waals surface area (Å²) in [6.45, 7) is 3.66. The summed E-state index contributed by atoms with van der Waals surface area (Å²) in [5, 5.41) is 0. The highest BCUT2D eigenvalue weighted by Crippen LogP contribution is 2.29. The maximum Gasteiger partial charge on any atom is 0.393 e. The van der Waals surface area contributed by atoms with Gasteiger partial charge in [-0.25, -0.2) is 4.90 Å². The van der Waals surface area contributed by atoms with Crippen LogP contribution in [0, 0.1) is 6.92 Å². The maximum atomic E-state index is 12.8. The summed E-state index contributed by atoms with van der Waals surface area (Å²) in [6, 6.07) is 16.2. The zero-order valence-electron chi connectivity index (χ0n) is 13.4. The standard InChI is InChI=1S/C19H15N3O2/c1-12-8-10-15(11-9-12)22-18(23)16(17(21-20)19(22)24)13(2)14-6-4-3-5-7-14/h3-11H,1-2H3/b16-13+. The molecule has 0 aliphatic carbocycles. The molecule has 1 aliphatic rings. The highest BCUT2D eigenvalue weighted by Gasteiger charge is 2.48. The van der Waals surface area contributed by atoms with Gasteiger partial charge in [-0.1, -0.05) is 48.0 Å². The van der Waals surface area contributed by atoms with Gasteiger partial charge in [0.25, 0.3) is 5.91 Å². The predicted molar refractivity (Wildman–Crippen MR) is 91.3 cm³/mol. The molecule has 2 amide bonds. The summed E-state index contributed by atoms with van der Waals surface area (Å²) in [4.78, 5) is 29.5. The minimum absolute atomic E-state index is 0.120. The van der Waals surface area contributed by atoms with Crippen molar-refractivity contribution in [1.29, 1.82) is 0 Å². The predicted octanol–water partition coefficient (Wildman–Crippen LogP) is 3.01. The topological polar surface area (TPSA) is 73.8 Å². The third-order valence-corrected chi connectivity index (χ3v) is 4.03. The van der Waals surface area contributed by atoms with Crippen molar-refractivity contribution in [2.75, 3.05) is 4.90 Å². The van der Waals surface area contributed by atoms with E-state index in [1.54, 1.807) is 19.1 Å². The SMILES string of the molecule is C/C(=C1\C(=O)N(c2ccc(C)cc2)C(=O)C1=[N+]=[N-])c1ccccc1. The Morgan fingerprint density at radius 1 is 0.958 bits per heavy atom. The first-order valence-electron chi connectivity index (χ1n) is 7.48. The molecular weight excluding hydrogens is 302 g/mol. The molecule has 2 aromatic rings. The van der Waals surface area contributed by atoms with Crippen LogP contribution < -0.4 is 4.90 Å². The Morgan fingerprint density at radius 3 is 2.17 bits per heavy atom. The van der Waals surface area contributed by atoms with E-state index >= 15 is 0 Å². The molecule has 0 N–H and O–H groups in total. The normalized spacial score (nSPS) is 16.4. The lowest BCUT2D eigenvalue weighted by molar-refractivity contribution is -0.120. The second kappa shape index (κ2) is 6.07. The fourth-order valence-corrected chi connectivity index (χ4v) is 2.71. The van der Waals surface area contributed by atoms with Crippen LogP contribution in [0.4, 0.5) is 5.69 Å². The van der Waals surface area contributed by atoms with Crippen LogP contribution in [-0.2, 0) is 9.59 Å². The fourth-order valence-electron chi connectivity index (χ4n) is 2.71. The van der Waals surface area contributed by atoms with Crippen molar-refractivity contribution < 1.29 is 14.4 Å². The lowest BCUT2D eigenvalue weighted by atomic mass is 9.99. The van der Waals surface area contributed by atoms with Crippen molar-refractivity contribution in [2.24, 2.45) is 0 Å². The van der Waals surface area contributed by atoms with Crippen molar-refractivity contribution in [3.8, 4) is 0 Å². The number of allylic oxidation sites excluding steroid dienone is 1. The number of benzene rings is 2. The van der Waals surface area contributed by atoms with Crippen LogP contribution in [0.5, 0.6) is 0 Å². The molecule has 0 atom stereocenters. The van der Waals surface area contributed by atoms with E-state index in [0.29, 0.717) is 11.3 Å². The van der Waals surface area contributed by atoms with Crippen molar-refractivity contribution in [3.63, 3.8) is 0 Å². The number of rotatable bonds is 2. The molecule has 5 heteroatoms. The number of anilines is 1. The van der Waals surface area contributed by atoms with Crippen LogP contribution in [0.3, 0.4) is 0 Å². The third kappa shape index (κ3) is 2.47. The molecule has 0 saturated carbocycles. The molecule has 0 unspecified atom stereocenters. The van der Waals surface area contributed by atoms with Crippen LogP contribution in [-0.4, -0.2) is 22.3 Å². The molecule has 24 heavy (non-hydrogen) atoms. The Labute approximate surface area is 139 Å². The maximum absolute atomic E-state index is 12.8. The first-order valence-corrected chi connectivity index (χ1v) is 7.48. The molecule has 118 valence electrons. The van der Waals surface area contributed by atoms with Crippen LogP contribution in [0.25, 0.3) is 11.1 Å². The van der Waals surface area contributed by atoms with E-state index < -0.39 is 11.8 Å². The summed E-state index contributed by atoms with van der Waals surface area (Å²) >= 11 is 0. The Balaban J connectivity index is 2.15. The lowest BCUT2D eigenvalue weighted by Gasteiger charge is -2.12. The number of imide groups is 1. The monoisotopic (exact) mass is 317 g/mol. The molecule has 2 aromatic carbocycles.